The number of benzene rings is 2. The summed E-state index contributed by atoms with van der Waals surface area (Å²) in [4.78, 5) is 10.7. The van der Waals surface area contributed by atoms with Gasteiger partial charge in [-0.05, 0) is 38.6 Å². The second-order valence-corrected chi connectivity index (χ2v) is 4.90. The van der Waals surface area contributed by atoms with Crippen LogP contribution in [0.2, 0.25) is 0 Å². The van der Waals surface area contributed by atoms with Gasteiger partial charge in [0.15, 0.2) is 0 Å². The maximum Gasteiger partial charge on any atom is 0.276 e. The zero-order valence-corrected chi connectivity index (χ0v) is 12.3. The number of ether oxygens (including phenoxy) is 1. The molecule has 0 aromatic heterocycles. The maximum atomic E-state index is 11.0. The van der Waals surface area contributed by atoms with Crippen molar-refractivity contribution in [2.75, 3.05) is 7.05 Å². The van der Waals surface area contributed by atoms with Gasteiger partial charge in [0.05, 0.1) is 11.0 Å². The highest BCUT2D eigenvalue weighted by Gasteiger charge is 2.15. The first kappa shape index (κ1) is 15.0. The monoisotopic (exact) mass is 286 g/mol. The number of hydrogen-bond donors (Lipinski definition) is 1. The Morgan fingerprint density at radius 1 is 1.14 bits per heavy atom. The number of nitro groups is 1. The van der Waals surface area contributed by atoms with Crippen molar-refractivity contribution in [2.24, 2.45) is 0 Å². The number of hydrogen-bond acceptors (Lipinski definition) is 4. The lowest BCUT2D eigenvalue weighted by Gasteiger charge is -2.13. The average Bonchev–Trinajstić information content (AvgIpc) is 2.43. The van der Waals surface area contributed by atoms with E-state index in [0.717, 1.165) is 11.1 Å². The molecule has 0 heterocycles. The predicted octanol–water partition coefficient (Wildman–Crippen LogP) is 3.72. The molecule has 1 N–H and O–H groups in total. The summed E-state index contributed by atoms with van der Waals surface area (Å²) in [6.45, 7) is 4.28. The fraction of sp³-hybridized carbons (Fsp3) is 0.250. The molecule has 0 saturated carbocycles. The molecule has 2 rings (SSSR count). The topological polar surface area (TPSA) is 64.4 Å². The number of para-hydroxylation sites is 1. The Bertz CT molecular complexity index is 669. The third-order valence-electron chi connectivity index (χ3n) is 3.25. The van der Waals surface area contributed by atoms with Crippen LogP contribution in [0.5, 0.6) is 11.5 Å². The van der Waals surface area contributed by atoms with Crippen LogP contribution in [0.4, 0.5) is 5.69 Å². The first-order valence-corrected chi connectivity index (χ1v) is 6.69. The van der Waals surface area contributed by atoms with E-state index in [2.05, 4.69) is 5.32 Å². The Labute approximate surface area is 123 Å². The molecule has 0 spiro atoms. The van der Waals surface area contributed by atoms with Crippen LogP contribution < -0.4 is 10.1 Å². The van der Waals surface area contributed by atoms with E-state index in [1.54, 1.807) is 13.0 Å². The van der Waals surface area contributed by atoms with Crippen molar-refractivity contribution in [1.82, 2.24) is 5.32 Å². The third kappa shape index (κ3) is 3.38. The van der Waals surface area contributed by atoms with Crippen molar-refractivity contribution in [1.29, 1.82) is 0 Å². The predicted molar refractivity (Wildman–Crippen MR) is 81.9 cm³/mol. The molecule has 5 nitrogen and oxygen atoms in total. The minimum atomic E-state index is -0.388. The molecule has 0 aliphatic carbocycles. The van der Waals surface area contributed by atoms with Crippen molar-refractivity contribution in [3.8, 4) is 11.5 Å². The van der Waals surface area contributed by atoms with E-state index in [1.165, 1.54) is 6.07 Å². The summed E-state index contributed by atoms with van der Waals surface area (Å²) in [6.07, 6.45) is 0. The van der Waals surface area contributed by atoms with E-state index in [4.69, 9.17) is 4.74 Å². The molecule has 0 amide bonds. The third-order valence-corrected chi connectivity index (χ3v) is 3.25. The molecule has 2 aromatic rings. The van der Waals surface area contributed by atoms with Gasteiger partial charge in [0.1, 0.15) is 11.5 Å². The smallest absolute Gasteiger partial charge is 0.276 e. The molecule has 0 fully saturated rings. The average molecular weight is 286 g/mol. The van der Waals surface area contributed by atoms with Crippen LogP contribution >= 0.6 is 0 Å². The highest BCUT2D eigenvalue weighted by atomic mass is 16.6. The molecule has 21 heavy (non-hydrogen) atoms. The zero-order chi connectivity index (χ0) is 15.4. The van der Waals surface area contributed by atoms with Crippen LogP contribution in [0.15, 0.2) is 36.4 Å². The number of nitrogens with one attached hydrogen (secondary N) is 1. The standard InChI is InChI=1S/C16H18N2O3/c1-11-8-12(2)16(9-14(11)18(19)20)21-15-7-5-4-6-13(15)10-17-3/h4-9,17H,10H2,1-3H3. The van der Waals surface area contributed by atoms with Crippen LogP contribution in [0, 0.1) is 24.0 Å². The second kappa shape index (κ2) is 6.37. The van der Waals surface area contributed by atoms with E-state index in [9.17, 15) is 10.1 Å². The maximum absolute atomic E-state index is 11.0. The van der Waals surface area contributed by atoms with Gasteiger partial charge < -0.3 is 10.1 Å². The fourth-order valence-corrected chi connectivity index (χ4v) is 2.19. The minimum Gasteiger partial charge on any atom is -0.456 e. The quantitative estimate of drug-likeness (QED) is 0.672. The van der Waals surface area contributed by atoms with E-state index in [-0.39, 0.29) is 10.6 Å². The summed E-state index contributed by atoms with van der Waals surface area (Å²) in [7, 11) is 1.86. The first-order chi connectivity index (χ1) is 10.0. The molecule has 0 saturated heterocycles. The van der Waals surface area contributed by atoms with Crippen molar-refractivity contribution in [2.45, 2.75) is 20.4 Å². The summed E-state index contributed by atoms with van der Waals surface area (Å²) < 4.78 is 5.89. The van der Waals surface area contributed by atoms with Crippen LogP contribution in [0.1, 0.15) is 16.7 Å². The summed E-state index contributed by atoms with van der Waals surface area (Å²) in [6, 6.07) is 10.9. The lowest BCUT2D eigenvalue weighted by atomic mass is 10.1. The minimum absolute atomic E-state index is 0.0710. The number of aryl methyl sites for hydroxylation is 2. The Balaban J connectivity index is 2.40. The molecule has 0 unspecified atom stereocenters. The lowest BCUT2D eigenvalue weighted by molar-refractivity contribution is -0.385. The van der Waals surface area contributed by atoms with Crippen molar-refractivity contribution in [3.05, 3.63) is 63.2 Å². The summed E-state index contributed by atoms with van der Waals surface area (Å²) in [5.74, 6) is 1.21. The largest absolute Gasteiger partial charge is 0.456 e. The molecule has 5 heteroatoms. The van der Waals surface area contributed by atoms with Crippen LogP contribution in [0.3, 0.4) is 0 Å². The number of nitrogens with zero attached hydrogens (tertiary/aromatic N) is 1. The summed E-state index contributed by atoms with van der Waals surface area (Å²) in [5, 5.41) is 14.1. The van der Waals surface area contributed by atoms with E-state index in [1.807, 2.05) is 38.2 Å². The van der Waals surface area contributed by atoms with Gasteiger partial charge in [0.25, 0.3) is 5.69 Å². The van der Waals surface area contributed by atoms with E-state index in [0.29, 0.717) is 23.6 Å². The van der Waals surface area contributed by atoms with Gasteiger partial charge in [-0.3, -0.25) is 10.1 Å². The SMILES string of the molecule is CNCc1ccccc1Oc1cc([N+](=O)[O-])c(C)cc1C. The van der Waals surface area contributed by atoms with Gasteiger partial charge in [0, 0.05) is 17.7 Å². The van der Waals surface area contributed by atoms with Crippen molar-refractivity contribution < 1.29 is 9.66 Å². The van der Waals surface area contributed by atoms with Gasteiger partial charge in [-0.25, -0.2) is 0 Å². The van der Waals surface area contributed by atoms with Gasteiger partial charge >= 0.3 is 0 Å². The van der Waals surface area contributed by atoms with E-state index >= 15 is 0 Å². The van der Waals surface area contributed by atoms with Gasteiger partial charge in [-0.1, -0.05) is 18.2 Å². The first-order valence-electron chi connectivity index (χ1n) is 6.69. The van der Waals surface area contributed by atoms with E-state index < -0.39 is 0 Å². The van der Waals surface area contributed by atoms with Gasteiger partial charge in [-0.15, -0.1) is 0 Å². The van der Waals surface area contributed by atoms with Crippen LogP contribution in [-0.2, 0) is 6.54 Å². The van der Waals surface area contributed by atoms with Crippen LogP contribution in [-0.4, -0.2) is 12.0 Å². The Hall–Kier alpha value is -2.40. The molecule has 2 aromatic carbocycles. The number of rotatable bonds is 5. The summed E-state index contributed by atoms with van der Waals surface area (Å²) >= 11 is 0. The molecule has 0 radical (unpaired) electrons. The van der Waals surface area contributed by atoms with Crippen molar-refractivity contribution in [3.63, 3.8) is 0 Å². The normalized spacial score (nSPS) is 10.4. The molecule has 110 valence electrons. The Morgan fingerprint density at radius 2 is 1.86 bits per heavy atom. The summed E-state index contributed by atoms with van der Waals surface area (Å²) in [5.41, 5.74) is 2.58. The molecule has 0 aliphatic heterocycles. The van der Waals surface area contributed by atoms with Gasteiger partial charge in [0.2, 0.25) is 0 Å². The fourth-order valence-electron chi connectivity index (χ4n) is 2.19. The second-order valence-electron chi connectivity index (χ2n) is 4.90. The molecule has 0 atom stereocenters. The Kier molecular flexibility index (Phi) is 4.55. The molecular weight excluding hydrogens is 268 g/mol. The number of nitro benzene ring substituents is 1. The van der Waals surface area contributed by atoms with Crippen molar-refractivity contribution >= 4 is 5.69 Å². The van der Waals surface area contributed by atoms with Gasteiger partial charge in [-0.2, -0.15) is 0 Å². The molecular formula is C16H18N2O3. The van der Waals surface area contributed by atoms with Crippen LogP contribution in [0.25, 0.3) is 0 Å². The Morgan fingerprint density at radius 3 is 2.52 bits per heavy atom. The zero-order valence-electron chi connectivity index (χ0n) is 12.3. The highest BCUT2D eigenvalue weighted by Crippen LogP contribution is 2.32. The molecule has 0 bridgehead atoms. The lowest BCUT2D eigenvalue weighted by Crippen LogP contribution is -2.06. The highest BCUT2D eigenvalue weighted by molar-refractivity contribution is 5.51. The molecule has 0 aliphatic rings.